The van der Waals surface area contributed by atoms with E-state index >= 15 is 0 Å². The smallest absolute Gasteiger partial charge is 0.284 e. The van der Waals surface area contributed by atoms with Gasteiger partial charge in [-0.3, -0.25) is 14.2 Å². The molecule has 2 heterocycles. The molecule has 2 aromatic carbocycles. The van der Waals surface area contributed by atoms with Crippen molar-refractivity contribution in [3.05, 3.63) is 82.9 Å². The molecule has 2 aromatic heterocycles. The van der Waals surface area contributed by atoms with E-state index < -0.39 is 0 Å². The summed E-state index contributed by atoms with van der Waals surface area (Å²) in [6.07, 6.45) is 5.79. The van der Waals surface area contributed by atoms with Crippen molar-refractivity contribution in [3.63, 3.8) is 0 Å². The largest absolute Gasteiger partial charge is 0.354 e. The Labute approximate surface area is 184 Å². The quantitative estimate of drug-likeness (QED) is 0.509. The van der Waals surface area contributed by atoms with Crippen LogP contribution in [-0.4, -0.2) is 37.0 Å². The van der Waals surface area contributed by atoms with Gasteiger partial charge in [-0.25, -0.2) is 4.98 Å². The van der Waals surface area contributed by atoms with Crippen LogP contribution in [0.3, 0.4) is 0 Å². The summed E-state index contributed by atoms with van der Waals surface area (Å²) < 4.78 is 2.80. The minimum atomic E-state index is -0.383. The molecular formula is C24H24N6O2. The molecule has 1 aliphatic rings. The second-order valence-electron chi connectivity index (χ2n) is 8.32. The SMILES string of the molecule is O=C(Cn1cnc2c(nnn2-c2ccccc2)c1=O)NCC1(c2ccccc2)CCCC1. The van der Waals surface area contributed by atoms with Gasteiger partial charge in [-0.05, 0) is 30.5 Å². The zero-order valence-corrected chi connectivity index (χ0v) is 17.6. The average molecular weight is 428 g/mol. The average Bonchev–Trinajstić information content (AvgIpc) is 3.49. The van der Waals surface area contributed by atoms with Crippen LogP contribution in [0.1, 0.15) is 31.2 Å². The molecule has 0 saturated heterocycles. The molecule has 32 heavy (non-hydrogen) atoms. The number of carbonyl (C=O) groups is 1. The second-order valence-corrected chi connectivity index (χ2v) is 8.32. The highest BCUT2D eigenvalue weighted by Crippen LogP contribution is 2.40. The van der Waals surface area contributed by atoms with Crippen molar-refractivity contribution in [1.82, 2.24) is 29.9 Å². The number of hydrogen-bond acceptors (Lipinski definition) is 5. The number of rotatable bonds is 6. The number of hydrogen-bond donors (Lipinski definition) is 1. The summed E-state index contributed by atoms with van der Waals surface area (Å²) in [5.41, 5.74) is 2.11. The molecule has 0 spiro atoms. The van der Waals surface area contributed by atoms with Gasteiger partial charge in [0.15, 0.2) is 11.2 Å². The van der Waals surface area contributed by atoms with Gasteiger partial charge in [0.2, 0.25) is 5.91 Å². The van der Waals surface area contributed by atoms with Gasteiger partial charge in [0, 0.05) is 12.0 Å². The molecule has 1 saturated carbocycles. The van der Waals surface area contributed by atoms with Crippen molar-refractivity contribution in [2.45, 2.75) is 37.6 Å². The first-order valence-corrected chi connectivity index (χ1v) is 10.8. The molecule has 1 fully saturated rings. The zero-order valence-electron chi connectivity index (χ0n) is 17.6. The summed E-state index contributed by atoms with van der Waals surface area (Å²) in [5, 5.41) is 11.1. The predicted octanol–water partition coefficient (Wildman–Crippen LogP) is 2.61. The molecular weight excluding hydrogens is 404 g/mol. The van der Waals surface area contributed by atoms with E-state index in [1.165, 1.54) is 21.1 Å². The fourth-order valence-corrected chi connectivity index (χ4v) is 4.59. The number of carbonyl (C=O) groups excluding carboxylic acids is 1. The van der Waals surface area contributed by atoms with Gasteiger partial charge >= 0.3 is 0 Å². The highest BCUT2D eigenvalue weighted by molar-refractivity contribution is 5.76. The zero-order chi connectivity index (χ0) is 22.0. The Morgan fingerprint density at radius 1 is 1.00 bits per heavy atom. The number of amides is 1. The van der Waals surface area contributed by atoms with Crippen molar-refractivity contribution in [3.8, 4) is 5.69 Å². The molecule has 0 bridgehead atoms. The maximum absolute atomic E-state index is 12.9. The van der Waals surface area contributed by atoms with Gasteiger partial charge in [-0.15, -0.1) is 5.10 Å². The third kappa shape index (κ3) is 3.68. The van der Waals surface area contributed by atoms with Gasteiger partial charge in [-0.1, -0.05) is 66.6 Å². The highest BCUT2D eigenvalue weighted by Gasteiger charge is 2.35. The summed E-state index contributed by atoms with van der Waals surface area (Å²) in [6, 6.07) is 19.7. The van der Waals surface area contributed by atoms with Crippen molar-refractivity contribution in [2.75, 3.05) is 6.54 Å². The van der Waals surface area contributed by atoms with Crippen LogP contribution >= 0.6 is 0 Å². The number of para-hydroxylation sites is 1. The number of aromatic nitrogens is 5. The third-order valence-corrected chi connectivity index (χ3v) is 6.31. The van der Waals surface area contributed by atoms with E-state index in [1.807, 2.05) is 48.5 Å². The monoisotopic (exact) mass is 428 g/mol. The number of nitrogens with one attached hydrogen (secondary N) is 1. The summed E-state index contributed by atoms with van der Waals surface area (Å²) in [4.78, 5) is 29.9. The Balaban J connectivity index is 1.33. The minimum absolute atomic E-state index is 0.0392. The van der Waals surface area contributed by atoms with Crippen LogP contribution in [0.4, 0.5) is 0 Å². The van der Waals surface area contributed by atoms with Gasteiger partial charge in [-0.2, -0.15) is 4.68 Å². The summed E-state index contributed by atoms with van der Waals surface area (Å²) in [6.45, 7) is 0.454. The first kappa shape index (κ1) is 20.1. The van der Waals surface area contributed by atoms with Crippen LogP contribution in [0.2, 0.25) is 0 Å². The van der Waals surface area contributed by atoms with Crippen LogP contribution in [-0.2, 0) is 16.8 Å². The first-order valence-electron chi connectivity index (χ1n) is 10.8. The fraction of sp³-hybridized carbons (Fsp3) is 0.292. The van der Waals surface area contributed by atoms with Gasteiger partial charge in [0.25, 0.3) is 5.56 Å². The lowest BCUT2D eigenvalue weighted by atomic mass is 9.79. The molecule has 0 aliphatic heterocycles. The molecule has 8 heteroatoms. The topological polar surface area (TPSA) is 94.7 Å². The molecule has 1 N–H and O–H groups in total. The fourth-order valence-electron chi connectivity index (χ4n) is 4.59. The van der Waals surface area contributed by atoms with Crippen LogP contribution in [0.15, 0.2) is 71.8 Å². The Kier molecular flexibility index (Phi) is 5.26. The normalized spacial score (nSPS) is 15.1. The van der Waals surface area contributed by atoms with Crippen molar-refractivity contribution in [1.29, 1.82) is 0 Å². The predicted molar refractivity (Wildman–Crippen MR) is 121 cm³/mol. The van der Waals surface area contributed by atoms with E-state index in [2.05, 4.69) is 32.7 Å². The Morgan fingerprint density at radius 2 is 1.69 bits per heavy atom. The van der Waals surface area contributed by atoms with Crippen molar-refractivity contribution >= 4 is 17.1 Å². The van der Waals surface area contributed by atoms with Crippen LogP contribution in [0.5, 0.6) is 0 Å². The Morgan fingerprint density at radius 3 is 2.41 bits per heavy atom. The van der Waals surface area contributed by atoms with E-state index in [-0.39, 0.29) is 28.9 Å². The van der Waals surface area contributed by atoms with Crippen LogP contribution in [0, 0.1) is 0 Å². The lowest BCUT2D eigenvalue weighted by Gasteiger charge is -2.30. The van der Waals surface area contributed by atoms with E-state index in [0.717, 1.165) is 31.4 Å². The third-order valence-electron chi connectivity index (χ3n) is 6.31. The summed E-state index contributed by atoms with van der Waals surface area (Å²) >= 11 is 0. The van der Waals surface area contributed by atoms with Gasteiger partial charge < -0.3 is 5.32 Å². The molecule has 0 atom stereocenters. The lowest BCUT2D eigenvalue weighted by molar-refractivity contribution is -0.122. The molecule has 0 unspecified atom stereocenters. The first-order chi connectivity index (χ1) is 15.7. The summed E-state index contributed by atoms with van der Waals surface area (Å²) in [7, 11) is 0. The Hall–Kier alpha value is -3.81. The van der Waals surface area contributed by atoms with Crippen LogP contribution in [0.25, 0.3) is 16.9 Å². The minimum Gasteiger partial charge on any atom is -0.354 e. The van der Waals surface area contributed by atoms with Crippen molar-refractivity contribution in [2.24, 2.45) is 0 Å². The number of benzene rings is 2. The summed E-state index contributed by atoms with van der Waals surface area (Å²) in [5.74, 6) is -0.217. The number of fused-ring (bicyclic) bond motifs is 1. The molecule has 8 nitrogen and oxygen atoms in total. The van der Waals surface area contributed by atoms with E-state index in [1.54, 1.807) is 0 Å². The highest BCUT2D eigenvalue weighted by atomic mass is 16.2. The van der Waals surface area contributed by atoms with Gasteiger partial charge in [0.05, 0.1) is 5.69 Å². The molecule has 5 rings (SSSR count). The molecule has 1 amide bonds. The maximum atomic E-state index is 12.9. The molecule has 1 aliphatic carbocycles. The molecule has 162 valence electrons. The molecule has 0 radical (unpaired) electrons. The maximum Gasteiger partial charge on any atom is 0.284 e. The van der Waals surface area contributed by atoms with E-state index in [4.69, 9.17) is 0 Å². The van der Waals surface area contributed by atoms with E-state index in [0.29, 0.717) is 12.2 Å². The van der Waals surface area contributed by atoms with Crippen LogP contribution < -0.4 is 10.9 Å². The Bertz CT molecular complexity index is 1290. The standard InChI is InChI=1S/C24H24N6O2/c31-20(25-16-24(13-7-8-14-24)18-9-3-1-4-10-18)15-29-17-26-22-21(23(29)32)27-28-30(22)19-11-5-2-6-12-19/h1-6,9-12,17H,7-8,13-16H2,(H,25,31). The second kappa shape index (κ2) is 8.37. The number of nitrogens with zero attached hydrogens (tertiary/aromatic N) is 5. The molecule has 4 aromatic rings. The van der Waals surface area contributed by atoms with Gasteiger partial charge in [0.1, 0.15) is 12.9 Å². The van der Waals surface area contributed by atoms with E-state index in [9.17, 15) is 9.59 Å². The lowest BCUT2D eigenvalue weighted by Crippen LogP contribution is -2.41. The van der Waals surface area contributed by atoms with Crippen molar-refractivity contribution < 1.29 is 4.79 Å².